The summed E-state index contributed by atoms with van der Waals surface area (Å²) in [5.74, 6) is 1.79. The maximum Gasteiger partial charge on any atom is 0.236 e. The number of H-pyrrole nitrogens is 1. The van der Waals surface area contributed by atoms with E-state index in [0.29, 0.717) is 5.89 Å². The predicted molar refractivity (Wildman–Crippen MR) is 89.8 cm³/mol. The Labute approximate surface area is 143 Å². The Morgan fingerprint density at radius 3 is 3.08 bits per heavy atom. The minimum atomic E-state index is 0.110. The number of nitrogens with zero attached hydrogens (tertiary/aromatic N) is 4. The van der Waals surface area contributed by atoms with Crippen molar-refractivity contribution in [2.75, 3.05) is 20.2 Å². The van der Waals surface area contributed by atoms with E-state index in [1.54, 1.807) is 24.6 Å². The minimum absolute atomic E-state index is 0.110. The van der Waals surface area contributed by atoms with E-state index in [9.17, 15) is 0 Å². The molecule has 0 saturated carbocycles. The number of aryl methyl sites for hydroxylation is 1. The van der Waals surface area contributed by atoms with Gasteiger partial charge in [0.2, 0.25) is 5.89 Å². The zero-order valence-electron chi connectivity index (χ0n) is 13.6. The summed E-state index contributed by atoms with van der Waals surface area (Å²) in [6, 6.07) is 4.03. The van der Waals surface area contributed by atoms with Crippen LogP contribution in [0.15, 0.2) is 28.1 Å². The molecule has 1 N–H and O–H groups in total. The van der Waals surface area contributed by atoms with Gasteiger partial charge in [-0.1, -0.05) is 6.07 Å². The lowest BCUT2D eigenvalue weighted by Gasteiger charge is -2.13. The predicted octanol–water partition coefficient (Wildman–Crippen LogP) is 2.44. The maximum atomic E-state index is 5.84. The van der Waals surface area contributed by atoms with E-state index < -0.39 is 0 Å². The highest BCUT2D eigenvalue weighted by atomic mass is 32.1. The van der Waals surface area contributed by atoms with E-state index in [4.69, 9.17) is 9.15 Å². The summed E-state index contributed by atoms with van der Waals surface area (Å²) in [6.07, 6.45) is 1.88. The van der Waals surface area contributed by atoms with E-state index in [-0.39, 0.29) is 12.0 Å². The molecule has 1 aliphatic heterocycles. The van der Waals surface area contributed by atoms with Crippen LogP contribution in [0.5, 0.6) is 0 Å². The fourth-order valence-electron chi connectivity index (χ4n) is 3.19. The molecular weight excluding hydrogens is 326 g/mol. The van der Waals surface area contributed by atoms with Crippen LogP contribution in [0.25, 0.3) is 10.8 Å². The third kappa shape index (κ3) is 2.88. The normalized spacial score (nSPS) is 21.6. The largest absolute Gasteiger partial charge is 0.440 e. The molecule has 8 heteroatoms. The fraction of sp³-hybridized carbons (Fsp3) is 0.438. The molecule has 1 fully saturated rings. The maximum absolute atomic E-state index is 5.84. The number of oxazole rings is 1. The molecule has 0 aromatic carbocycles. The van der Waals surface area contributed by atoms with Gasteiger partial charge in [0.05, 0.1) is 28.6 Å². The summed E-state index contributed by atoms with van der Waals surface area (Å²) in [5.41, 5.74) is 1.93. The summed E-state index contributed by atoms with van der Waals surface area (Å²) in [5, 5.41) is 12.8. The van der Waals surface area contributed by atoms with Crippen LogP contribution < -0.4 is 0 Å². The second-order valence-electron chi connectivity index (χ2n) is 5.97. The Bertz CT molecular complexity index is 784. The van der Waals surface area contributed by atoms with E-state index in [1.165, 1.54) is 0 Å². The van der Waals surface area contributed by atoms with Gasteiger partial charge in [-0.3, -0.25) is 4.90 Å². The molecule has 0 spiro atoms. The topological polar surface area (TPSA) is 80.1 Å². The highest BCUT2D eigenvalue weighted by molar-refractivity contribution is 7.13. The molecule has 24 heavy (non-hydrogen) atoms. The molecule has 4 rings (SSSR count). The van der Waals surface area contributed by atoms with Crippen LogP contribution in [0.2, 0.25) is 0 Å². The zero-order valence-corrected chi connectivity index (χ0v) is 14.4. The van der Waals surface area contributed by atoms with E-state index >= 15 is 0 Å². The molecule has 4 heterocycles. The lowest BCUT2D eigenvalue weighted by molar-refractivity contribution is 0.0956. The first-order valence-corrected chi connectivity index (χ1v) is 8.73. The Morgan fingerprint density at radius 2 is 2.38 bits per heavy atom. The molecule has 0 amide bonds. The van der Waals surface area contributed by atoms with Gasteiger partial charge in [-0.15, -0.1) is 11.3 Å². The monoisotopic (exact) mass is 345 g/mol. The van der Waals surface area contributed by atoms with Gasteiger partial charge in [-0.05, 0) is 18.4 Å². The second kappa shape index (κ2) is 6.46. The lowest BCUT2D eigenvalue weighted by Crippen LogP contribution is -2.23. The number of hydrogen-bond acceptors (Lipinski definition) is 7. The minimum Gasteiger partial charge on any atom is -0.440 e. The molecule has 0 radical (unpaired) electrons. The number of likely N-dealkylation sites (tertiary alicyclic amines) is 1. The van der Waals surface area contributed by atoms with Crippen molar-refractivity contribution < 1.29 is 9.15 Å². The van der Waals surface area contributed by atoms with Gasteiger partial charge in [0.1, 0.15) is 5.76 Å². The first-order valence-electron chi connectivity index (χ1n) is 7.85. The van der Waals surface area contributed by atoms with Crippen LogP contribution in [0.3, 0.4) is 0 Å². The summed E-state index contributed by atoms with van der Waals surface area (Å²) in [7, 11) is 1.75. The number of aromatic nitrogens is 4. The standard InChI is InChI=1S/C16H19N5O2S/c1-10-13(18-16(23-10)15-4-3-5-24-15)8-21-7-11(14(9-21)22-2)12-6-17-20-19-12/h3-6,11,14H,7-9H2,1-2H3,(H,17,19,20)/t11-,14+/m0/s1. The zero-order chi connectivity index (χ0) is 16.5. The highest BCUT2D eigenvalue weighted by Gasteiger charge is 2.36. The number of nitrogens with one attached hydrogen (secondary N) is 1. The first kappa shape index (κ1) is 15.5. The van der Waals surface area contributed by atoms with Crippen LogP contribution in [0.1, 0.15) is 23.1 Å². The summed E-state index contributed by atoms with van der Waals surface area (Å²) in [4.78, 5) is 8.07. The van der Waals surface area contributed by atoms with Gasteiger partial charge < -0.3 is 9.15 Å². The summed E-state index contributed by atoms with van der Waals surface area (Å²) >= 11 is 1.63. The third-order valence-corrected chi connectivity index (χ3v) is 5.31. The molecule has 3 aromatic heterocycles. The summed E-state index contributed by atoms with van der Waals surface area (Å²) in [6.45, 7) is 4.42. The van der Waals surface area contributed by atoms with Crippen LogP contribution in [0.4, 0.5) is 0 Å². The van der Waals surface area contributed by atoms with Crippen molar-refractivity contribution in [1.29, 1.82) is 0 Å². The van der Waals surface area contributed by atoms with Crippen molar-refractivity contribution in [3.63, 3.8) is 0 Å². The Balaban J connectivity index is 1.50. The SMILES string of the molecule is CO[C@@H]1CN(Cc2nc(-c3cccs3)oc2C)C[C@H]1c1cn[nH]n1. The van der Waals surface area contributed by atoms with Crippen molar-refractivity contribution in [2.45, 2.75) is 25.5 Å². The van der Waals surface area contributed by atoms with Crippen molar-refractivity contribution in [3.8, 4) is 10.8 Å². The van der Waals surface area contributed by atoms with Crippen LogP contribution in [-0.4, -0.2) is 51.6 Å². The quantitative estimate of drug-likeness (QED) is 0.765. The molecule has 0 unspecified atom stereocenters. The van der Waals surface area contributed by atoms with E-state index in [2.05, 4.69) is 25.3 Å². The molecule has 0 bridgehead atoms. The number of thiophene rings is 1. The number of methoxy groups -OCH3 is 1. The smallest absolute Gasteiger partial charge is 0.236 e. The van der Waals surface area contributed by atoms with E-state index in [0.717, 1.165) is 41.7 Å². The Hall–Kier alpha value is -2.03. The van der Waals surface area contributed by atoms with Gasteiger partial charge in [0.15, 0.2) is 0 Å². The number of rotatable bonds is 5. The molecule has 2 atom stereocenters. The third-order valence-electron chi connectivity index (χ3n) is 4.46. The molecular formula is C16H19N5O2S. The van der Waals surface area contributed by atoms with Gasteiger partial charge >= 0.3 is 0 Å². The molecule has 3 aromatic rings. The Kier molecular flexibility index (Phi) is 4.17. The van der Waals surface area contributed by atoms with Crippen LogP contribution >= 0.6 is 11.3 Å². The highest BCUT2D eigenvalue weighted by Crippen LogP contribution is 2.31. The Morgan fingerprint density at radius 1 is 1.46 bits per heavy atom. The summed E-state index contributed by atoms with van der Waals surface area (Å²) < 4.78 is 11.5. The van der Waals surface area contributed by atoms with E-state index in [1.807, 2.05) is 24.4 Å². The van der Waals surface area contributed by atoms with Crippen molar-refractivity contribution in [3.05, 3.63) is 40.9 Å². The molecule has 7 nitrogen and oxygen atoms in total. The number of aromatic amines is 1. The molecule has 0 aliphatic carbocycles. The molecule has 1 aliphatic rings. The average Bonchev–Trinajstić information content (AvgIpc) is 3.35. The van der Waals surface area contributed by atoms with Crippen molar-refractivity contribution in [2.24, 2.45) is 0 Å². The van der Waals surface area contributed by atoms with Crippen molar-refractivity contribution in [1.82, 2.24) is 25.3 Å². The van der Waals surface area contributed by atoms with Gasteiger partial charge in [-0.25, -0.2) is 4.98 Å². The fourth-order valence-corrected chi connectivity index (χ4v) is 3.83. The lowest BCUT2D eigenvalue weighted by atomic mass is 10.0. The van der Waals surface area contributed by atoms with Gasteiger partial charge in [0, 0.05) is 32.7 Å². The number of hydrogen-bond donors (Lipinski definition) is 1. The van der Waals surface area contributed by atoms with Crippen molar-refractivity contribution >= 4 is 11.3 Å². The van der Waals surface area contributed by atoms with Gasteiger partial charge in [0.25, 0.3) is 0 Å². The van der Waals surface area contributed by atoms with Crippen LogP contribution in [-0.2, 0) is 11.3 Å². The first-order chi connectivity index (χ1) is 11.7. The number of ether oxygens (including phenoxy) is 1. The van der Waals surface area contributed by atoms with Gasteiger partial charge in [-0.2, -0.15) is 15.4 Å². The molecule has 126 valence electrons. The molecule has 1 saturated heterocycles. The van der Waals surface area contributed by atoms with Crippen LogP contribution in [0, 0.1) is 6.92 Å². The average molecular weight is 345 g/mol. The second-order valence-corrected chi connectivity index (χ2v) is 6.92.